The van der Waals surface area contributed by atoms with E-state index in [0.717, 1.165) is 33.6 Å². The summed E-state index contributed by atoms with van der Waals surface area (Å²) in [4.78, 5) is 31.5. The number of fused-ring (bicyclic) bond motifs is 5. The molecule has 0 saturated heterocycles. The van der Waals surface area contributed by atoms with Gasteiger partial charge in [-0.1, -0.05) is 6.92 Å². The molecule has 31 heavy (non-hydrogen) atoms. The molecular formula is C27H30N2O2. The molecule has 0 bridgehead atoms. The topological polar surface area (TPSA) is 52.0 Å². The molecule has 0 spiro atoms. The number of pyridine rings is 2. The van der Waals surface area contributed by atoms with Crippen molar-refractivity contribution < 1.29 is 4.79 Å². The van der Waals surface area contributed by atoms with Crippen LogP contribution in [0.25, 0.3) is 22.3 Å². The largest absolute Gasteiger partial charge is 0.302 e. The summed E-state index contributed by atoms with van der Waals surface area (Å²) in [6.45, 7) is 15.4. The molecule has 5 rings (SSSR count). The second-order valence-electron chi connectivity index (χ2n) is 9.71. The molecular weight excluding hydrogens is 384 g/mol. The molecule has 4 heteroatoms. The first-order chi connectivity index (χ1) is 14.6. The molecule has 3 aromatic rings. The van der Waals surface area contributed by atoms with Gasteiger partial charge in [-0.05, 0) is 93.8 Å². The summed E-state index contributed by atoms with van der Waals surface area (Å²) >= 11 is 0. The minimum Gasteiger partial charge on any atom is -0.302 e. The van der Waals surface area contributed by atoms with Crippen molar-refractivity contribution in [3.63, 3.8) is 0 Å². The van der Waals surface area contributed by atoms with Gasteiger partial charge in [0.1, 0.15) is 5.78 Å². The van der Waals surface area contributed by atoms with Crippen LogP contribution in [-0.4, -0.2) is 15.3 Å². The van der Waals surface area contributed by atoms with Gasteiger partial charge in [0.25, 0.3) is 5.56 Å². The van der Waals surface area contributed by atoms with Gasteiger partial charge in [-0.15, -0.1) is 0 Å². The molecule has 3 heterocycles. The first-order valence-electron chi connectivity index (χ1n) is 11.3. The van der Waals surface area contributed by atoms with Crippen LogP contribution in [0.4, 0.5) is 0 Å². The van der Waals surface area contributed by atoms with Crippen LogP contribution >= 0.6 is 0 Å². The minimum atomic E-state index is -0.586. The molecule has 4 nitrogen and oxygen atoms in total. The van der Waals surface area contributed by atoms with Crippen molar-refractivity contribution in [2.24, 2.45) is 0 Å². The highest BCUT2D eigenvalue weighted by Crippen LogP contribution is 2.42. The van der Waals surface area contributed by atoms with Crippen molar-refractivity contribution in [3.05, 3.63) is 60.9 Å². The number of carbonyl (C=O) groups is 1. The zero-order chi connectivity index (χ0) is 22.4. The molecule has 1 aromatic carbocycles. The third-order valence-corrected chi connectivity index (χ3v) is 8.47. The Bertz CT molecular complexity index is 1390. The zero-order valence-electron chi connectivity index (χ0n) is 19.6. The van der Waals surface area contributed by atoms with Crippen LogP contribution in [0.15, 0.2) is 10.9 Å². The van der Waals surface area contributed by atoms with Crippen LogP contribution in [-0.2, 0) is 23.2 Å². The highest BCUT2D eigenvalue weighted by atomic mass is 16.1. The highest BCUT2D eigenvalue weighted by molar-refractivity contribution is 5.95. The van der Waals surface area contributed by atoms with E-state index in [1.165, 1.54) is 33.2 Å². The Morgan fingerprint density at radius 1 is 0.935 bits per heavy atom. The average Bonchev–Trinajstić information content (AvgIpc) is 3.13. The van der Waals surface area contributed by atoms with Crippen molar-refractivity contribution in [1.29, 1.82) is 0 Å². The zero-order valence-corrected chi connectivity index (χ0v) is 19.6. The lowest BCUT2D eigenvalue weighted by atomic mass is 9.69. The van der Waals surface area contributed by atoms with Gasteiger partial charge >= 0.3 is 0 Å². The second kappa shape index (κ2) is 6.38. The number of hydrogen-bond acceptors (Lipinski definition) is 3. The number of ketones is 1. The number of benzene rings is 1. The van der Waals surface area contributed by atoms with Crippen molar-refractivity contribution in [1.82, 2.24) is 9.55 Å². The number of rotatable bonds is 1. The quantitative estimate of drug-likeness (QED) is 0.433. The summed E-state index contributed by atoms with van der Waals surface area (Å²) in [6, 6.07) is 2.10. The van der Waals surface area contributed by atoms with Gasteiger partial charge in [0.15, 0.2) is 0 Å². The van der Waals surface area contributed by atoms with Gasteiger partial charge in [-0.3, -0.25) is 9.59 Å². The number of aryl methyl sites for hydroxylation is 3. The van der Waals surface area contributed by atoms with Gasteiger partial charge in [0.05, 0.1) is 28.9 Å². The lowest BCUT2D eigenvalue weighted by Crippen LogP contribution is -2.41. The van der Waals surface area contributed by atoms with Crippen molar-refractivity contribution in [2.75, 3.05) is 0 Å². The summed E-state index contributed by atoms with van der Waals surface area (Å²) in [7, 11) is 0. The normalized spacial score (nSPS) is 19.5. The fourth-order valence-corrected chi connectivity index (χ4v) is 5.79. The number of Topliss-reactive ketones (excluding diaryl/α,β-unsaturated/α-hetero) is 1. The first kappa shape index (κ1) is 20.2. The number of aromatic nitrogens is 2. The van der Waals surface area contributed by atoms with Crippen LogP contribution in [0.1, 0.15) is 71.2 Å². The summed E-state index contributed by atoms with van der Waals surface area (Å²) in [6.07, 6.45) is 1.71. The van der Waals surface area contributed by atoms with Gasteiger partial charge in [0.2, 0.25) is 0 Å². The Kier molecular flexibility index (Phi) is 4.15. The maximum absolute atomic E-state index is 13.6. The van der Waals surface area contributed by atoms with Crippen LogP contribution in [0.3, 0.4) is 0 Å². The van der Waals surface area contributed by atoms with E-state index in [4.69, 9.17) is 4.98 Å². The summed E-state index contributed by atoms with van der Waals surface area (Å²) in [5.41, 5.74) is 11.5. The van der Waals surface area contributed by atoms with Gasteiger partial charge in [0, 0.05) is 22.9 Å². The Morgan fingerprint density at radius 2 is 1.61 bits per heavy atom. The average molecular weight is 415 g/mol. The molecule has 0 saturated carbocycles. The minimum absolute atomic E-state index is 0.0573. The molecule has 2 aromatic heterocycles. The molecule has 0 amide bonds. The van der Waals surface area contributed by atoms with Gasteiger partial charge in [-0.2, -0.15) is 0 Å². The van der Waals surface area contributed by atoms with Crippen LogP contribution in [0.5, 0.6) is 0 Å². The van der Waals surface area contributed by atoms with Crippen LogP contribution in [0.2, 0.25) is 0 Å². The van der Waals surface area contributed by atoms with Crippen molar-refractivity contribution in [3.8, 4) is 11.4 Å². The molecule has 160 valence electrons. The third kappa shape index (κ3) is 2.39. The third-order valence-electron chi connectivity index (χ3n) is 8.47. The number of nitrogens with zero attached hydrogens (tertiary/aromatic N) is 2. The predicted octanol–water partition coefficient (Wildman–Crippen LogP) is 5.15. The lowest BCUT2D eigenvalue weighted by Gasteiger charge is -2.33. The Balaban J connectivity index is 1.88. The first-order valence-corrected chi connectivity index (χ1v) is 11.3. The van der Waals surface area contributed by atoms with E-state index in [2.05, 4.69) is 40.7 Å². The molecule has 0 fully saturated rings. The van der Waals surface area contributed by atoms with Gasteiger partial charge < -0.3 is 4.57 Å². The molecule has 0 N–H and O–H groups in total. The second-order valence-corrected chi connectivity index (χ2v) is 9.71. The molecule has 1 unspecified atom stereocenters. The SMILES string of the molecule is CCC1(C)C(=O)CCc2c1cc1n(c2=O)Cc2c-1nc1c(C)c(C)c(C)c(C)c1c2C. The maximum atomic E-state index is 13.6. The number of carbonyl (C=O) groups excluding carboxylic acids is 1. The summed E-state index contributed by atoms with van der Waals surface area (Å²) in [5.74, 6) is 0.241. The monoisotopic (exact) mass is 414 g/mol. The van der Waals surface area contributed by atoms with E-state index in [1.807, 2.05) is 18.4 Å². The Morgan fingerprint density at radius 3 is 2.29 bits per heavy atom. The van der Waals surface area contributed by atoms with Crippen LogP contribution in [0, 0.1) is 34.6 Å². The summed E-state index contributed by atoms with van der Waals surface area (Å²) < 4.78 is 1.89. The molecule has 2 aliphatic rings. The molecule has 0 radical (unpaired) electrons. The predicted molar refractivity (Wildman–Crippen MR) is 125 cm³/mol. The standard InChI is InChI=1S/C27H30N2O2/c1-8-27(7)20-11-21-25-19(12-29(21)26(31)18(20)9-10-22(27)30)17(6)23-15(4)13(2)14(3)16(5)24(23)28-25/h11H,8-10,12H2,1-7H3. The lowest BCUT2D eigenvalue weighted by molar-refractivity contribution is -0.124. The molecule has 1 atom stereocenters. The van der Waals surface area contributed by atoms with Gasteiger partial charge in [-0.25, -0.2) is 4.98 Å². The Labute approximate surface area is 183 Å². The van der Waals surface area contributed by atoms with Crippen LogP contribution < -0.4 is 5.56 Å². The van der Waals surface area contributed by atoms with Crippen molar-refractivity contribution in [2.45, 2.75) is 79.7 Å². The maximum Gasteiger partial charge on any atom is 0.254 e. The number of hydrogen-bond donors (Lipinski definition) is 0. The van der Waals surface area contributed by atoms with E-state index in [-0.39, 0.29) is 11.3 Å². The van der Waals surface area contributed by atoms with E-state index < -0.39 is 5.41 Å². The molecule has 1 aliphatic carbocycles. The molecule has 1 aliphatic heterocycles. The van der Waals surface area contributed by atoms with E-state index in [9.17, 15) is 9.59 Å². The fourth-order valence-electron chi connectivity index (χ4n) is 5.79. The highest BCUT2D eigenvalue weighted by Gasteiger charge is 2.41. The fraction of sp³-hybridized carbons (Fsp3) is 0.444. The van der Waals surface area contributed by atoms with E-state index in [0.29, 0.717) is 25.8 Å². The van der Waals surface area contributed by atoms with Crippen molar-refractivity contribution >= 4 is 16.7 Å². The van der Waals surface area contributed by atoms with E-state index in [1.54, 1.807) is 0 Å². The van der Waals surface area contributed by atoms with E-state index >= 15 is 0 Å². The Hall–Kier alpha value is -2.75. The smallest absolute Gasteiger partial charge is 0.254 e. The summed E-state index contributed by atoms with van der Waals surface area (Å²) in [5, 5.41) is 1.22.